The second kappa shape index (κ2) is 9.27. The Hall–Kier alpha value is -3.29. The van der Waals surface area contributed by atoms with Gasteiger partial charge in [0, 0.05) is 31.5 Å². The fourth-order valence-corrected chi connectivity index (χ4v) is 2.97. The van der Waals surface area contributed by atoms with Crippen LogP contribution < -0.4 is 10.2 Å². The van der Waals surface area contributed by atoms with E-state index in [1.165, 1.54) is 6.07 Å². The van der Waals surface area contributed by atoms with Gasteiger partial charge in [0.25, 0.3) is 0 Å². The van der Waals surface area contributed by atoms with E-state index >= 15 is 0 Å². The monoisotopic (exact) mass is 399 g/mol. The van der Waals surface area contributed by atoms with Crippen molar-refractivity contribution in [1.29, 1.82) is 0 Å². The molecule has 2 aromatic heterocycles. The molecule has 1 N–H and O–H groups in total. The van der Waals surface area contributed by atoms with Crippen molar-refractivity contribution in [1.82, 2.24) is 14.8 Å². The van der Waals surface area contributed by atoms with Gasteiger partial charge in [-0.05, 0) is 43.2 Å². The van der Waals surface area contributed by atoms with E-state index in [1.54, 1.807) is 23.1 Å². The number of rotatable bonds is 8. The molecule has 0 aliphatic rings. The molecule has 0 aliphatic carbocycles. The van der Waals surface area contributed by atoms with Crippen molar-refractivity contribution < 1.29 is 13.6 Å². The Morgan fingerprint density at radius 3 is 2.48 bits per heavy atom. The molecule has 0 aliphatic heterocycles. The van der Waals surface area contributed by atoms with E-state index in [0.717, 1.165) is 36.6 Å². The molecule has 1 amide bonds. The molecule has 29 heavy (non-hydrogen) atoms. The van der Waals surface area contributed by atoms with Gasteiger partial charge in [-0.3, -0.25) is 9.48 Å². The average molecular weight is 399 g/mol. The number of aromatic nitrogens is 3. The molecule has 3 aromatic rings. The number of nitrogens with one attached hydrogen (secondary N) is 1. The van der Waals surface area contributed by atoms with Crippen molar-refractivity contribution >= 4 is 17.5 Å². The van der Waals surface area contributed by atoms with Crippen molar-refractivity contribution in [3.8, 4) is 0 Å². The van der Waals surface area contributed by atoms with Crippen LogP contribution in [0.3, 0.4) is 0 Å². The predicted octanol–water partition coefficient (Wildman–Crippen LogP) is 3.63. The van der Waals surface area contributed by atoms with Gasteiger partial charge in [-0.1, -0.05) is 12.1 Å². The van der Waals surface area contributed by atoms with Crippen LogP contribution in [0.4, 0.5) is 20.4 Å². The van der Waals surface area contributed by atoms with Gasteiger partial charge in [-0.25, -0.2) is 13.8 Å². The molecule has 8 heteroatoms. The van der Waals surface area contributed by atoms with Gasteiger partial charge in [0.15, 0.2) is 17.5 Å². The van der Waals surface area contributed by atoms with E-state index in [4.69, 9.17) is 0 Å². The van der Waals surface area contributed by atoms with Gasteiger partial charge >= 0.3 is 0 Å². The van der Waals surface area contributed by atoms with Crippen LogP contribution in [0.2, 0.25) is 0 Å². The third-order valence-corrected chi connectivity index (χ3v) is 4.50. The first-order valence-electron chi connectivity index (χ1n) is 9.45. The quantitative estimate of drug-likeness (QED) is 0.628. The highest BCUT2D eigenvalue weighted by Gasteiger charge is 2.09. The number of carbonyl (C=O) groups excluding carboxylic acids is 1. The van der Waals surface area contributed by atoms with Crippen LogP contribution in [0.5, 0.6) is 0 Å². The van der Waals surface area contributed by atoms with Crippen molar-refractivity contribution in [2.24, 2.45) is 0 Å². The molecule has 152 valence electrons. The van der Waals surface area contributed by atoms with Crippen molar-refractivity contribution in [3.63, 3.8) is 0 Å². The lowest BCUT2D eigenvalue weighted by Gasteiger charge is -2.19. The predicted molar refractivity (Wildman–Crippen MR) is 108 cm³/mol. The highest BCUT2D eigenvalue weighted by molar-refractivity contribution is 5.91. The maximum absolute atomic E-state index is 13.3. The molecule has 0 spiro atoms. The molecule has 0 fully saturated rings. The zero-order valence-corrected chi connectivity index (χ0v) is 16.4. The van der Waals surface area contributed by atoms with Gasteiger partial charge < -0.3 is 10.2 Å². The number of amides is 1. The molecule has 0 radical (unpaired) electrons. The Kier molecular flexibility index (Phi) is 6.54. The summed E-state index contributed by atoms with van der Waals surface area (Å²) in [6.45, 7) is 6.15. The summed E-state index contributed by atoms with van der Waals surface area (Å²) < 4.78 is 27.9. The number of anilines is 2. The third-order valence-electron chi connectivity index (χ3n) is 4.50. The van der Waals surface area contributed by atoms with Crippen molar-refractivity contribution in [2.75, 3.05) is 23.3 Å². The molecular formula is C21H23F2N5O. The number of hydrogen-bond donors (Lipinski definition) is 1. The Morgan fingerprint density at radius 2 is 1.83 bits per heavy atom. The summed E-state index contributed by atoms with van der Waals surface area (Å²) in [6, 6.07) is 9.15. The number of nitrogens with zero attached hydrogens (tertiary/aromatic N) is 4. The van der Waals surface area contributed by atoms with E-state index in [-0.39, 0.29) is 18.9 Å². The molecule has 2 heterocycles. The summed E-state index contributed by atoms with van der Waals surface area (Å²) in [4.78, 5) is 18.8. The highest BCUT2D eigenvalue weighted by atomic mass is 19.2. The Balaban J connectivity index is 1.56. The first kappa shape index (κ1) is 20.4. The molecule has 0 bridgehead atoms. The van der Waals surface area contributed by atoms with Crippen LogP contribution in [0.15, 0.2) is 48.8 Å². The summed E-state index contributed by atoms with van der Waals surface area (Å²) in [5.41, 5.74) is 1.38. The van der Waals surface area contributed by atoms with E-state index < -0.39 is 11.6 Å². The van der Waals surface area contributed by atoms with Crippen LogP contribution in [0.25, 0.3) is 0 Å². The molecule has 0 atom stereocenters. The SMILES string of the molecule is CCN(CC)c1ccc(CC(=O)Nc2ccn(Cc3ccc(F)c(F)c3)n2)cn1. The first-order chi connectivity index (χ1) is 14.0. The summed E-state index contributed by atoms with van der Waals surface area (Å²) >= 11 is 0. The summed E-state index contributed by atoms with van der Waals surface area (Å²) in [5.74, 6) is -0.716. The fourth-order valence-electron chi connectivity index (χ4n) is 2.97. The lowest BCUT2D eigenvalue weighted by atomic mass is 10.2. The second-order valence-corrected chi connectivity index (χ2v) is 6.57. The molecule has 3 rings (SSSR count). The molecule has 0 unspecified atom stereocenters. The number of halogens is 2. The smallest absolute Gasteiger partial charge is 0.230 e. The molecule has 0 saturated heterocycles. The maximum Gasteiger partial charge on any atom is 0.230 e. The molecule has 6 nitrogen and oxygen atoms in total. The van der Waals surface area contributed by atoms with E-state index in [1.807, 2.05) is 12.1 Å². The standard InChI is InChI=1S/C21H23F2N5O/c1-3-27(4-2)20-8-6-15(13-24-20)12-21(29)25-19-9-10-28(26-19)14-16-5-7-17(22)18(23)11-16/h5-11,13H,3-4,12,14H2,1-2H3,(H,25,26,29). The summed E-state index contributed by atoms with van der Waals surface area (Å²) in [5, 5.41) is 6.98. The molecule has 1 aromatic carbocycles. The Labute approximate surface area is 168 Å². The average Bonchev–Trinajstić information content (AvgIpc) is 3.13. The van der Waals surface area contributed by atoms with Gasteiger partial charge in [-0.2, -0.15) is 5.10 Å². The van der Waals surface area contributed by atoms with Crippen LogP contribution in [0, 0.1) is 11.6 Å². The number of pyridine rings is 1. The topological polar surface area (TPSA) is 63.1 Å². The van der Waals surface area contributed by atoms with Gasteiger partial charge in [0.2, 0.25) is 5.91 Å². The van der Waals surface area contributed by atoms with Gasteiger partial charge in [-0.15, -0.1) is 0 Å². The van der Waals surface area contributed by atoms with Gasteiger partial charge in [0.05, 0.1) is 13.0 Å². The van der Waals surface area contributed by atoms with E-state index in [2.05, 4.69) is 34.1 Å². The Morgan fingerprint density at radius 1 is 1.07 bits per heavy atom. The zero-order valence-electron chi connectivity index (χ0n) is 16.4. The Bertz CT molecular complexity index is 967. The number of carbonyl (C=O) groups is 1. The van der Waals surface area contributed by atoms with Crippen molar-refractivity contribution in [2.45, 2.75) is 26.8 Å². The summed E-state index contributed by atoms with van der Waals surface area (Å²) in [6.07, 6.45) is 3.55. The van der Waals surface area contributed by atoms with Crippen LogP contribution in [0.1, 0.15) is 25.0 Å². The minimum atomic E-state index is -0.899. The van der Waals surface area contributed by atoms with E-state index in [0.29, 0.717) is 11.4 Å². The van der Waals surface area contributed by atoms with Crippen LogP contribution in [-0.2, 0) is 17.8 Å². The molecular weight excluding hydrogens is 376 g/mol. The largest absolute Gasteiger partial charge is 0.357 e. The minimum absolute atomic E-state index is 0.182. The zero-order chi connectivity index (χ0) is 20.8. The number of benzene rings is 1. The lowest BCUT2D eigenvalue weighted by molar-refractivity contribution is -0.115. The second-order valence-electron chi connectivity index (χ2n) is 6.57. The fraction of sp³-hybridized carbons (Fsp3) is 0.286. The molecule has 0 saturated carbocycles. The number of hydrogen-bond acceptors (Lipinski definition) is 4. The first-order valence-corrected chi connectivity index (χ1v) is 9.45. The highest BCUT2D eigenvalue weighted by Crippen LogP contribution is 2.13. The minimum Gasteiger partial charge on any atom is -0.357 e. The maximum atomic E-state index is 13.3. The third kappa shape index (κ3) is 5.37. The summed E-state index contributed by atoms with van der Waals surface area (Å²) in [7, 11) is 0. The van der Waals surface area contributed by atoms with Crippen LogP contribution in [-0.4, -0.2) is 33.8 Å². The van der Waals surface area contributed by atoms with Gasteiger partial charge in [0.1, 0.15) is 5.82 Å². The normalized spacial score (nSPS) is 10.8. The van der Waals surface area contributed by atoms with Crippen molar-refractivity contribution in [3.05, 3.63) is 71.6 Å². The lowest BCUT2D eigenvalue weighted by Crippen LogP contribution is -2.23. The van der Waals surface area contributed by atoms with Crippen LogP contribution >= 0.6 is 0 Å². The van der Waals surface area contributed by atoms with E-state index in [9.17, 15) is 13.6 Å².